The molecule has 4 aromatic carbocycles. The van der Waals surface area contributed by atoms with E-state index in [0.29, 0.717) is 9.33 Å². The highest BCUT2D eigenvalue weighted by Crippen LogP contribution is 2.42. The third kappa shape index (κ3) is 4.15. The van der Waals surface area contributed by atoms with E-state index in [9.17, 15) is 4.79 Å². The highest BCUT2D eigenvalue weighted by Gasteiger charge is 2.33. The summed E-state index contributed by atoms with van der Waals surface area (Å²) in [6.45, 7) is 0. The van der Waals surface area contributed by atoms with Gasteiger partial charge in [0.05, 0.1) is 41.7 Å². The number of H-pyrrole nitrogens is 1. The number of nitrogens with one attached hydrogen (secondary N) is 1. The Labute approximate surface area is 257 Å². The van der Waals surface area contributed by atoms with Gasteiger partial charge in [-0.05, 0) is 59.4 Å². The SMILES string of the molecule is COc1cccc([C@H]2C3=C(N=c4s/c(=C/c5c(-c6ccccc6)[nH]c6c(OC)cccc56)c(=O)n42)c2ccccc2CC3)c1. The van der Waals surface area contributed by atoms with Crippen LogP contribution in [0.3, 0.4) is 0 Å². The molecule has 1 aliphatic carbocycles. The molecule has 0 saturated heterocycles. The number of hydrogen-bond acceptors (Lipinski definition) is 5. The molecule has 0 saturated carbocycles. The molecule has 0 spiro atoms. The molecule has 6 nitrogen and oxygen atoms in total. The van der Waals surface area contributed by atoms with Crippen LogP contribution in [0.15, 0.2) is 112 Å². The van der Waals surface area contributed by atoms with Crippen LogP contribution in [0.1, 0.15) is 34.7 Å². The average Bonchev–Trinajstić information content (AvgIpc) is 3.60. The molecular weight excluding hydrogens is 566 g/mol. The Balaban J connectivity index is 1.41. The first kappa shape index (κ1) is 26.5. The summed E-state index contributed by atoms with van der Waals surface area (Å²) in [5.74, 6) is 1.52. The van der Waals surface area contributed by atoms with Crippen LogP contribution >= 0.6 is 11.3 Å². The van der Waals surface area contributed by atoms with Crippen molar-refractivity contribution in [2.24, 2.45) is 4.99 Å². The van der Waals surface area contributed by atoms with Gasteiger partial charge in [-0.3, -0.25) is 9.36 Å². The molecule has 7 heteroatoms. The standard InChI is InChI=1S/C37H29N3O3S/c1-42-25-14-8-13-24(20-25)35-28-19-18-22-10-6-7-15-26(22)33(28)39-37-40(35)36(41)31(44-37)21-29-27-16-9-17-30(43-2)34(27)38-32(29)23-11-4-3-5-12-23/h3-17,20-21,35,38H,18-19H2,1-2H3/b31-21+/t35-/m0/s1. The first-order chi connectivity index (χ1) is 21.6. The van der Waals surface area contributed by atoms with E-state index in [1.807, 2.05) is 59.2 Å². The van der Waals surface area contributed by atoms with Crippen molar-refractivity contribution >= 4 is 34.0 Å². The van der Waals surface area contributed by atoms with Crippen molar-refractivity contribution in [1.29, 1.82) is 0 Å². The van der Waals surface area contributed by atoms with Crippen molar-refractivity contribution in [3.63, 3.8) is 0 Å². The number of aromatic amines is 1. The summed E-state index contributed by atoms with van der Waals surface area (Å²) in [4.78, 5) is 24.0. The van der Waals surface area contributed by atoms with Gasteiger partial charge in [0.2, 0.25) is 0 Å². The molecule has 216 valence electrons. The van der Waals surface area contributed by atoms with Crippen LogP contribution in [0.2, 0.25) is 0 Å². The normalized spacial score (nSPS) is 15.9. The molecule has 1 aliphatic heterocycles. The third-order valence-electron chi connectivity index (χ3n) is 8.68. The second kappa shape index (κ2) is 10.5. The highest BCUT2D eigenvalue weighted by molar-refractivity contribution is 7.07. The van der Waals surface area contributed by atoms with Gasteiger partial charge in [0.1, 0.15) is 11.5 Å². The number of fused-ring (bicyclic) bond motifs is 4. The molecule has 0 amide bonds. The molecule has 1 atom stereocenters. The van der Waals surface area contributed by atoms with Crippen LogP contribution in [0, 0.1) is 0 Å². The van der Waals surface area contributed by atoms with Crippen LogP contribution in [-0.2, 0) is 6.42 Å². The Bertz CT molecular complexity index is 2290. The van der Waals surface area contributed by atoms with Crippen LogP contribution < -0.4 is 24.4 Å². The van der Waals surface area contributed by atoms with Gasteiger partial charge in [-0.25, -0.2) is 4.99 Å². The van der Waals surface area contributed by atoms with Crippen molar-refractivity contribution in [2.75, 3.05) is 14.2 Å². The minimum absolute atomic E-state index is 0.0526. The lowest BCUT2D eigenvalue weighted by atomic mass is 9.83. The lowest BCUT2D eigenvalue weighted by Gasteiger charge is -2.31. The number of para-hydroxylation sites is 1. The topological polar surface area (TPSA) is 68.6 Å². The first-order valence-corrected chi connectivity index (χ1v) is 15.5. The predicted molar refractivity (Wildman–Crippen MR) is 176 cm³/mol. The van der Waals surface area contributed by atoms with E-state index >= 15 is 0 Å². The fourth-order valence-corrected chi connectivity index (χ4v) is 7.61. The Kier molecular flexibility index (Phi) is 6.34. The van der Waals surface area contributed by atoms with E-state index in [2.05, 4.69) is 53.5 Å². The van der Waals surface area contributed by atoms with Crippen molar-refractivity contribution in [1.82, 2.24) is 9.55 Å². The number of aryl methyl sites for hydroxylation is 1. The number of aromatic nitrogens is 2. The molecule has 44 heavy (non-hydrogen) atoms. The largest absolute Gasteiger partial charge is 0.497 e. The molecule has 8 rings (SSSR count). The Morgan fingerprint density at radius 3 is 2.57 bits per heavy atom. The van der Waals surface area contributed by atoms with Gasteiger partial charge in [0, 0.05) is 16.5 Å². The lowest BCUT2D eigenvalue weighted by Crippen LogP contribution is -2.38. The van der Waals surface area contributed by atoms with Gasteiger partial charge in [-0.2, -0.15) is 0 Å². The average molecular weight is 596 g/mol. The number of methoxy groups -OCH3 is 2. The zero-order valence-corrected chi connectivity index (χ0v) is 25.2. The van der Waals surface area contributed by atoms with Crippen molar-refractivity contribution in [3.8, 4) is 22.8 Å². The summed E-state index contributed by atoms with van der Waals surface area (Å²) in [7, 11) is 3.35. The molecule has 2 aromatic heterocycles. The summed E-state index contributed by atoms with van der Waals surface area (Å²) in [5.41, 5.74) is 9.36. The monoisotopic (exact) mass is 595 g/mol. The quantitative estimate of drug-likeness (QED) is 0.248. The van der Waals surface area contributed by atoms with Gasteiger partial charge in [-0.1, -0.05) is 90.2 Å². The number of hydrogen-bond donors (Lipinski definition) is 1. The number of thiazole rings is 1. The Morgan fingerprint density at radius 1 is 0.909 bits per heavy atom. The van der Waals surface area contributed by atoms with Crippen LogP contribution in [0.5, 0.6) is 11.5 Å². The van der Waals surface area contributed by atoms with E-state index in [0.717, 1.165) is 74.5 Å². The Morgan fingerprint density at radius 2 is 1.73 bits per heavy atom. The number of allylic oxidation sites excluding steroid dienone is 1. The van der Waals surface area contributed by atoms with Crippen molar-refractivity contribution < 1.29 is 9.47 Å². The summed E-state index contributed by atoms with van der Waals surface area (Å²) < 4.78 is 13.8. The maximum absolute atomic E-state index is 14.5. The summed E-state index contributed by atoms with van der Waals surface area (Å²) in [6.07, 6.45) is 3.76. The third-order valence-corrected chi connectivity index (χ3v) is 9.66. The highest BCUT2D eigenvalue weighted by atomic mass is 32.1. The molecule has 6 aromatic rings. The predicted octanol–water partition coefficient (Wildman–Crippen LogP) is 6.48. The lowest BCUT2D eigenvalue weighted by molar-refractivity contribution is 0.413. The minimum atomic E-state index is -0.275. The van der Waals surface area contributed by atoms with Gasteiger partial charge in [0.15, 0.2) is 4.80 Å². The fraction of sp³-hybridized carbons (Fsp3) is 0.135. The van der Waals surface area contributed by atoms with Gasteiger partial charge < -0.3 is 14.5 Å². The molecule has 0 fully saturated rings. The van der Waals surface area contributed by atoms with Gasteiger partial charge in [-0.15, -0.1) is 0 Å². The van der Waals surface area contributed by atoms with Gasteiger partial charge in [0.25, 0.3) is 5.56 Å². The second-order valence-corrected chi connectivity index (χ2v) is 12.1. The van der Waals surface area contributed by atoms with E-state index in [1.54, 1.807) is 14.2 Å². The first-order valence-electron chi connectivity index (χ1n) is 14.7. The number of rotatable bonds is 5. The molecule has 3 heterocycles. The van der Waals surface area contributed by atoms with Gasteiger partial charge >= 0.3 is 0 Å². The summed E-state index contributed by atoms with van der Waals surface area (Å²) in [5, 5.41) is 0.992. The van der Waals surface area contributed by atoms with E-state index in [4.69, 9.17) is 14.5 Å². The minimum Gasteiger partial charge on any atom is -0.497 e. The van der Waals surface area contributed by atoms with E-state index < -0.39 is 0 Å². The van der Waals surface area contributed by atoms with E-state index in [1.165, 1.54) is 16.9 Å². The number of nitrogens with zero attached hydrogens (tertiary/aromatic N) is 2. The smallest absolute Gasteiger partial charge is 0.271 e. The summed E-state index contributed by atoms with van der Waals surface area (Å²) >= 11 is 1.44. The zero-order chi connectivity index (χ0) is 29.8. The van der Waals surface area contributed by atoms with Crippen LogP contribution in [0.4, 0.5) is 0 Å². The van der Waals surface area contributed by atoms with Crippen LogP contribution in [-0.4, -0.2) is 23.8 Å². The molecule has 1 N–H and O–H groups in total. The molecule has 0 bridgehead atoms. The molecule has 2 aliphatic rings. The zero-order valence-electron chi connectivity index (χ0n) is 24.3. The van der Waals surface area contributed by atoms with Crippen LogP contribution in [0.25, 0.3) is 33.9 Å². The fourth-order valence-electron chi connectivity index (χ4n) is 6.63. The van der Waals surface area contributed by atoms with Crippen molar-refractivity contribution in [2.45, 2.75) is 18.9 Å². The Hall–Kier alpha value is -5.14. The molecule has 0 unspecified atom stereocenters. The number of benzene rings is 4. The molecule has 0 radical (unpaired) electrons. The maximum atomic E-state index is 14.5. The van der Waals surface area contributed by atoms with Crippen molar-refractivity contribution in [3.05, 3.63) is 145 Å². The second-order valence-electron chi connectivity index (χ2n) is 11.1. The maximum Gasteiger partial charge on any atom is 0.271 e. The molecular formula is C37H29N3O3S. The summed E-state index contributed by atoms with van der Waals surface area (Å²) in [6, 6.07) is 32.4. The number of ether oxygens (including phenoxy) is 2. The van der Waals surface area contributed by atoms with E-state index in [-0.39, 0.29) is 11.6 Å².